The second kappa shape index (κ2) is 10.3. The van der Waals surface area contributed by atoms with E-state index in [1.165, 1.54) is 54.4 Å². The summed E-state index contributed by atoms with van der Waals surface area (Å²) < 4.78 is 0. The summed E-state index contributed by atoms with van der Waals surface area (Å²) in [4.78, 5) is 0. The van der Waals surface area contributed by atoms with Crippen molar-refractivity contribution >= 4 is 43.1 Å². The van der Waals surface area contributed by atoms with Gasteiger partial charge in [0.1, 0.15) is 0 Å². The van der Waals surface area contributed by atoms with Crippen LogP contribution in [0.25, 0.3) is 43.1 Å². The maximum absolute atomic E-state index is 9.83. The highest BCUT2D eigenvalue weighted by Crippen LogP contribution is 2.44. The van der Waals surface area contributed by atoms with Crippen molar-refractivity contribution in [2.24, 2.45) is 0 Å². The molecule has 0 N–H and O–H groups in total. The fraction of sp³-hybridized carbons (Fsp3) is 0.300. The van der Waals surface area contributed by atoms with Crippen LogP contribution < -0.4 is 0 Å². The largest absolute Gasteiger partial charge is 0.192 e. The predicted molar refractivity (Wildman–Crippen MR) is 141 cm³/mol. The third-order valence-electron chi connectivity index (χ3n) is 5.60. The number of hydrogen-bond acceptors (Lipinski definition) is 1. The van der Waals surface area contributed by atoms with E-state index >= 15 is 0 Å². The molecule has 0 spiro atoms. The number of aryl methyl sites for hydroxylation is 3. The van der Waals surface area contributed by atoms with Crippen LogP contribution in [0.4, 0.5) is 0 Å². The van der Waals surface area contributed by atoms with E-state index < -0.39 is 0 Å². The molecule has 0 saturated carbocycles. The van der Waals surface area contributed by atoms with Gasteiger partial charge in [-0.25, -0.2) is 0 Å². The molecule has 0 aliphatic heterocycles. The molecule has 0 radical (unpaired) electrons. The van der Waals surface area contributed by atoms with Crippen molar-refractivity contribution in [2.45, 2.75) is 62.3 Å². The molecule has 0 amide bonds. The van der Waals surface area contributed by atoms with Gasteiger partial charge < -0.3 is 0 Å². The van der Waals surface area contributed by atoms with Gasteiger partial charge in [0.25, 0.3) is 0 Å². The second-order valence-electron chi connectivity index (χ2n) is 7.07. The average molecular weight is 410 g/mol. The van der Waals surface area contributed by atoms with Crippen LogP contribution in [0.3, 0.4) is 0 Å². The minimum absolute atomic E-state index is 0.775. The van der Waals surface area contributed by atoms with Gasteiger partial charge in [-0.15, -0.1) is 0 Å². The van der Waals surface area contributed by atoms with E-state index in [-0.39, 0.29) is 0 Å². The first kappa shape index (κ1) is 24.2. The lowest BCUT2D eigenvalue weighted by Gasteiger charge is -2.19. The molecule has 0 aliphatic rings. The molecule has 160 valence electrons. The first-order chi connectivity index (χ1) is 15.1. The van der Waals surface area contributed by atoms with Crippen molar-refractivity contribution in [2.75, 3.05) is 0 Å². The topological polar surface area (TPSA) is 23.8 Å². The summed E-state index contributed by atoms with van der Waals surface area (Å²) in [5, 5.41) is 19.7. The van der Waals surface area contributed by atoms with Crippen LogP contribution in [0, 0.1) is 32.1 Å². The summed E-state index contributed by atoms with van der Waals surface area (Å²) in [6, 6.07) is 19.8. The second-order valence-corrected chi connectivity index (χ2v) is 7.07. The van der Waals surface area contributed by atoms with Crippen LogP contribution in [0.5, 0.6) is 0 Å². The molecule has 0 atom stereocenters. The van der Waals surface area contributed by atoms with Crippen LogP contribution in [0.1, 0.15) is 63.8 Å². The van der Waals surface area contributed by atoms with Gasteiger partial charge in [-0.2, -0.15) is 5.26 Å². The average Bonchev–Trinajstić information content (AvgIpc) is 2.83. The lowest BCUT2D eigenvalue weighted by molar-refractivity contribution is 1.45. The number of nitriles is 1. The van der Waals surface area contributed by atoms with E-state index in [1.807, 2.05) is 47.6 Å². The summed E-state index contributed by atoms with van der Waals surface area (Å²) in [5.41, 5.74) is 4.51. The Morgan fingerprint density at radius 1 is 0.548 bits per heavy atom. The summed E-state index contributed by atoms with van der Waals surface area (Å²) >= 11 is 0. The molecule has 0 aliphatic carbocycles. The first-order valence-corrected chi connectivity index (χ1v) is 11.6. The van der Waals surface area contributed by atoms with Crippen LogP contribution in [0.15, 0.2) is 48.5 Å². The lowest BCUT2D eigenvalue weighted by Crippen LogP contribution is -1.94. The van der Waals surface area contributed by atoms with E-state index in [9.17, 15) is 5.26 Å². The van der Waals surface area contributed by atoms with Crippen molar-refractivity contribution in [1.29, 1.82) is 5.26 Å². The van der Waals surface area contributed by atoms with Crippen molar-refractivity contribution in [1.82, 2.24) is 0 Å². The first-order valence-electron chi connectivity index (χ1n) is 11.6. The number of benzene rings is 5. The van der Waals surface area contributed by atoms with Crippen molar-refractivity contribution in [3.8, 4) is 6.07 Å². The minimum atomic E-state index is 0.775. The van der Waals surface area contributed by atoms with Gasteiger partial charge in [-0.1, -0.05) is 84.0 Å². The van der Waals surface area contributed by atoms with E-state index in [2.05, 4.69) is 69.3 Å². The van der Waals surface area contributed by atoms with Crippen molar-refractivity contribution < 1.29 is 0 Å². The van der Waals surface area contributed by atoms with E-state index in [4.69, 9.17) is 0 Å². The van der Waals surface area contributed by atoms with Gasteiger partial charge >= 0.3 is 0 Å². The fourth-order valence-electron chi connectivity index (χ4n) is 4.59. The fourth-order valence-corrected chi connectivity index (χ4v) is 4.59. The van der Waals surface area contributed by atoms with Crippen LogP contribution in [0.2, 0.25) is 0 Å². The van der Waals surface area contributed by atoms with Gasteiger partial charge in [0.15, 0.2) is 0 Å². The zero-order chi connectivity index (χ0) is 23.3. The van der Waals surface area contributed by atoms with Crippen molar-refractivity contribution in [3.05, 3.63) is 70.8 Å². The highest BCUT2D eigenvalue weighted by atomic mass is 14.3. The van der Waals surface area contributed by atoms with Crippen LogP contribution in [-0.4, -0.2) is 0 Å². The number of fused-ring (bicyclic) bond motifs is 2. The van der Waals surface area contributed by atoms with E-state index in [0.29, 0.717) is 0 Å². The zero-order valence-corrected chi connectivity index (χ0v) is 20.6. The van der Waals surface area contributed by atoms with Gasteiger partial charge in [-0.05, 0) is 81.2 Å². The molecule has 5 rings (SSSR count). The molecule has 5 aromatic carbocycles. The Kier molecular flexibility index (Phi) is 8.01. The van der Waals surface area contributed by atoms with Crippen LogP contribution >= 0.6 is 0 Å². The highest BCUT2D eigenvalue weighted by molar-refractivity contribution is 6.35. The molecule has 0 unspecified atom stereocenters. The van der Waals surface area contributed by atoms with Gasteiger partial charge in [0, 0.05) is 5.39 Å². The summed E-state index contributed by atoms with van der Waals surface area (Å²) in [6.07, 6.45) is 0. The molecular weight excluding hydrogens is 374 g/mol. The molecule has 5 aromatic rings. The number of nitrogens with zero attached hydrogens (tertiary/aromatic N) is 1. The normalized spacial score (nSPS) is 10.1. The summed E-state index contributed by atoms with van der Waals surface area (Å²) in [7, 11) is 0. The summed E-state index contributed by atoms with van der Waals surface area (Å²) in [6.45, 7) is 18.5. The van der Waals surface area contributed by atoms with E-state index in [0.717, 1.165) is 10.9 Å². The third kappa shape index (κ3) is 3.72. The molecule has 0 aromatic heterocycles. The monoisotopic (exact) mass is 409 g/mol. The van der Waals surface area contributed by atoms with Crippen molar-refractivity contribution in [3.63, 3.8) is 0 Å². The molecular formula is C30H35N. The Morgan fingerprint density at radius 2 is 1.13 bits per heavy atom. The Balaban J connectivity index is 0.000000527. The SMILES string of the molecule is CC.CC.CC.Cc1ccc2c3c(C)ccc4cccc(c5c(C#N)cc(C)c1c25)c43. The number of hydrogen-bond donors (Lipinski definition) is 0. The van der Waals surface area contributed by atoms with E-state index in [1.54, 1.807) is 0 Å². The highest BCUT2D eigenvalue weighted by Gasteiger charge is 2.18. The molecule has 1 heteroatoms. The number of rotatable bonds is 0. The molecule has 1 nitrogen and oxygen atoms in total. The standard InChI is InChI=1S/C24H17N.3C2H6/c1-13-8-10-19-21-14(2)7-9-16-5-4-6-18(22(16)21)23-17(12-25)11-15(3)20(13)24(19)23;3*1-2/h4-11H,1-3H3;3*1-2H3. The molecule has 0 fully saturated rings. The predicted octanol–water partition coefficient (Wildman–Crippen LogP) is 9.61. The Hall–Kier alpha value is -3.11. The Labute approximate surface area is 187 Å². The van der Waals surface area contributed by atoms with Gasteiger partial charge in [-0.3, -0.25) is 0 Å². The van der Waals surface area contributed by atoms with Crippen LogP contribution in [-0.2, 0) is 0 Å². The lowest BCUT2D eigenvalue weighted by atomic mass is 9.84. The van der Waals surface area contributed by atoms with Gasteiger partial charge in [0.05, 0.1) is 11.6 Å². The zero-order valence-electron chi connectivity index (χ0n) is 20.6. The molecule has 0 bridgehead atoms. The smallest absolute Gasteiger partial charge is 0.0998 e. The maximum atomic E-state index is 9.83. The quantitative estimate of drug-likeness (QED) is 0.184. The summed E-state index contributed by atoms with van der Waals surface area (Å²) in [5.74, 6) is 0. The third-order valence-corrected chi connectivity index (χ3v) is 5.60. The molecule has 0 saturated heterocycles. The molecule has 31 heavy (non-hydrogen) atoms. The Morgan fingerprint density at radius 3 is 1.77 bits per heavy atom. The maximum Gasteiger partial charge on any atom is 0.0998 e. The van der Waals surface area contributed by atoms with Gasteiger partial charge in [0.2, 0.25) is 0 Å². The molecule has 0 heterocycles. The Bertz CT molecular complexity index is 1370. The minimum Gasteiger partial charge on any atom is -0.192 e.